The smallest absolute Gasteiger partial charge is 0.309 e. The summed E-state index contributed by atoms with van der Waals surface area (Å²) in [7, 11) is 1.36. The monoisotopic (exact) mass is 197 g/mol. The van der Waals surface area contributed by atoms with E-state index in [-0.39, 0.29) is 23.7 Å². The van der Waals surface area contributed by atoms with Crippen LogP contribution in [0.5, 0.6) is 0 Å². The van der Waals surface area contributed by atoms with Gasteiger partial charge in [0.2, 0.25) is 5.91 Å². The normalized spacial score (nSPS) is 29.5. The molecule has 4 nitrogen and oxygen atoms in total. The van der Waals surface area contributed by atoms with Crippen molar-refractivity contribution in [1.82, 2.24) is 5.32 Å². The zero-order valence-electron chi connectivity index (χ0n) is 8.29. The van der Waals surface area contributed by atoms with E-state index in [9.17, 15) is 9.59 Å². The van der Waals surface area contributed by atoms with Crippen molar-refractivity contribution in [2.75, 3.05) is 13.7 Å². The summed E-state index contributed by atoms with van der Waals surface area (Å²) in [5, 5.41) is 2.87. The molecule has 14 heavy (non-hydrogen) atoms. The topological polar surface area (TPSA) is 55.4 Å². The summed E-state index contributed by atoms with van der Waals surface area (Å²) in [5.41, 5.74) is 0. The Morgan fingerprint density at radius 3 is 2.64 bits per heavy atom. The minimum Gasteiger partial charge on any atom is -0.469 e. The third kappa shape index (κ3) is 2.05. The highest BCUT2D eigenvalue weighted by molar-refractivity contribution is 5.90. The van der Waals surface area contributed by atoms with Gasteiger partial charge in [0, 0.05) is 6.54 Å². The van der Waals surface area contributed by atoms with Gasteiger partial charge >= 0.3 is 5.97 Å². The van der Waals surface area contributed by atoms with E-state index in [0.29, 0.717) is 12.3 Å². The molecular weight excluding hydrogens is 182 g/mol. The first kappa shape index (κ1) is 9.49. The zero-order valence-corrected chi connectivity index (χ0v) is 8.29. The van der Waals surface area contributed by atoms with Gasteiger partial charge in [-0.3, -0.25) is 9.59 Å². The van der Waals surface area contributed by atoms with Gasteiger partial charge in [0.25, 0.3) is 0 Å². The summed E-state index contributed by atoms with van der Waals surface area (Å²) >= 11 is 0. The molecule has 2 saturated carbocycles. The number of methoxy groups -OCH3 is 1. The number of esters is 1. The van der Waals surface area contributed by atoms with Crippen LogP contribution in [0.15, 0.2) is 0 Å². The summed E-state index contributed by atoms with van der Waals surface area (Å²) in [6, 6.07) is 0. The standard InChI is InChI=1S/C10H15NO3/c1-14-10(13)8-4-7(8)9(12)11-5-6-2-3-6/h6-8H,2-5H2,1H3,(H,11,12). The van der Waals surface area contributed by atoms with Gasteiger partial charge < -0.3 is 10.1 Å². The van der Waals surface area contributed by atoms with E-state index in [4.69, 9.17) is 0 Å². The van der Waals surface area contributed by atoms with E-state index in [0.717, 1.165) is 6.54 Å². The molecule has 1 amide bonds. The van der Waals surface area contributed by atoms with Gasteiger partial charge in [-0.2, -0.15) is 0 Å². The lowest BCUT2D eigenvalue weighted by molar-refractivity contribution is -0.143. The molecule has 2 unspecified atom stereocenters. The van der Waals surface area contributed by atoms with E-state index in [1.165, 1.54) is 20.0 Å². The first-order valence-electron chi connectivity index (χ1n) is 5.08. The molecular formula is C10H15NO3. The molecule has 1 N–H and O–H groups in total. The van der Waals surface area contributed by atoms with Crippen LogP contribution in [0.25, 0.3) is 0 Å². The van der Waals surface area contributed by atoms with Gasteiger partial charge in [0.05, 0.1) is 18.9 Å². The van der Waals surface area contributed by atoms with Crippen molar-refractivity contribution in [1.29, 1.82) is 0 Å². The van der Waals surface area contributed by atoms with Crippen LogP contribution in [0, 0.1) is 17.8 Å². The fourth-order valence-corrected chi connectivity index (χ4v) is 1.59. The lowest BCUT2D eigenvalue weighted by atomic mass is 10.3. The molecule has 0 radical (unpaired) electrons. The van der Waals surface area contributed by atoms with Crippen LogP contribution in [0.2, 0.25) is 0 Å². The third-order valence-electron chi connectivity index (χ3n) is 2.89. The molecule has 2 aliphatic rings. The molecule has 2 aliphatic carbocycles. The van der Waals surface area contributed by atoms with Crippen molar-refractivity contribution in [3.05, 3.63) is 0 Å². The minimum atomic E-state index is -0.253. The van der Waals surface area contributed by atoms with E-state index in [1.54, 1.807) is 0 Å². The lowest BCUT2D eigenvalue weighted by Crippen LogP contribution is -2.28. The van der Waals surface area contributed by atoms with Gasteiger partial charge in [0.1, 0.15) is 0 Å². The van der Waals surface area contributed by atoms with Crippen LogP contribution in [0.3, 0.4) is 0 Å². The van der Waals surface area contributed by atoms with Gasteiger partial charge in [-0.15, -0.1) is 0 Å². The lowest BCUT2D eigenvalue weighted by Gasteiger charge is -2.02. The second-order valence-electron chi connectivity index (χ2n) is 4.16. The molecule has 0 aliphatic heterocycles. The SMILES string of the molecule is COC(=O)C1CC1C(=O)NCC1CC1. The Morgan fingerprint density at radius 1 is 1.36 bits per heavy atom. The molecule has 0 heterocycles. The molecule has 78 valence electrons. The van der Waals surface area contributed by atoms with Gasteiger partial charge in [-0.25, -0.2) is 0 Å². The summed E-state index contributed by atoms with van der Waals surface area (Å²) in [4.78, 5) is 22.5. The Labute approximate surface area is 83.0 Å². The first-order chi connectivity index (χ1) is 6.72. The zero-order chi connectivity index (χ0) is 10.1. The Morgan fingerprint density at radius 2 is 2.07 bits per heavy atom. The average molecular weight is 197 g/mol. The molecule has 2 atom stereocenters. The van der Waals surface area contributed by atoms with Crippen molar-refractivity contribution in [2.24, 2.45) is 17.8 Å². The number of carbonyl (C=O) groups excluding carboxylic acids is 2. The summed E-state index contributed by atoms with van der Waals surface area (Å²) in [6.07, 6.45) is 3.11. The van der Waals surface area contributed by atoms with Gasteiger partial charge in [-0.1, -0.05) is 0 Å². The minimum absolute atomic E-state index is 0.0206. The van der Waals surface area contributed by atoms with Crippen LogP contribution in [0.4, 0.5) is 0 Å². The fraction of sp³-hybridized carbons (Fsp3) is 0.800. The maximum absolute atomic E-state index is 11.4. The second kappa shape index (κ2) is 3.59. The molecule has 0 saturated heterocycles. The molecule has 0 aromatic heterocycles. The largest absolute Gasteiger partial charge is 0.469 e. The number of hydrogen-bond acceptors (Lipinski definition) is 3. The third-order valence-corrected chi connectivity index (χ3v) is 2.89. The number of amides is 1. The van der Waals surface area contributed by atoms with Crippen molar-refractivity contribution in [3.8, 4) is 0 Å². The van der Waals surface area contributed by atoms with E-state index in [2.05, 4.69) is 10.1 Å². The van der Waals surface area contributed by atoms with Crippen molar-refractivity contribution < 1.29 is 14.3 Å². The number of nitrogens with one attached hydrogen (secondary N) is 1. The number of ether oxygens (including phenoxy) is 1. The van der Waals surface area contributed by atoms with E-state index < -0.39 is 0 Å². The number of carbonyl (C=O) groups is 2. The maximum atomic E-state index is 11.4. The van der Waals surface area contributed by atoms with Crippen LogP contribution < -0.4 is 5.32 Å². The summed E-state index contributed by atoms with van der Waals surface area (Å²) in [5.74, 6) is 0.151. The van der Waals surface area contributed by atoms with Gasteiger partial charge in [0.15, 0.2) is 0 Å². The van der Waals surface area contributed by atoms with Crippen LogP contribution >= 0.6 is 0 Å². The first-order valence-corrected chi connectivity index (χ1v) is 5.08. The van der Waals surface area contributed by atoms with Crippen LogP contribution in [-0.4, -0.2) is 25.5 Å². The molecule has 4 heteroatoms. The van der Waals surface area contributed by atoms with Crippen molar-refractivity contribution in [3.63, 3.8) is 0 Å². The maximum Gasteiger partial charge on any atom is 0.309 e. The highest BCUT2D eigenvalue weighted by Gasteiger charge is 2.48. The molecule has 0 bridgehead atoms. The molecule has 2 rings (SSSR count). The Bertz CT molecular complexity index is 260. The average Bonchev–Trinajstić information content (AvgIpc) is 3.02. The molecule has 0 aromatic carbocycles. The summed E-state index contributed by atoms with van der Waals surface area (Å²) in [6.45, 7) is 0.781. The summed E-state index contributed by atoms with van der Waals surface area (Å²) < 4.78 is 4.57. The molecule has 2 fully saturated rings. The van der Waals surface area contributed by atoms with E-state index in [1.807, 2.05) is 0 Å². The predicted molar refractivity (Wildman–Crippen MR) is 49.3 cm³/mol. The van der Waals surface area contributed by atoms with Crippen molar-refractivity contribution in [2.45, 2.75) is 19.3 Å². The molecule has 0 aromatic rings. The quantitative estimate of drug-likeness (QED) is 0.660. The Kier molecular flexibility index (Phi) is 2.44. The van der Waals surface area contributed by atoms with Crippen LogP contribution in [-0.2, 0) is 14.3 Å². The van der Waals surface area contributed by atoms with Crippen molar-refractivity contribution >= 4 is 11.9 Å². The highest BCUT2D eigenvalue weighted by Crippen LogP contribution is 2.39. The fourth-order valence-electron chi connectivity index (χ4n) is 1.59. The van der Waals surface area contributed by atoms with E-state index >= 15 is 0 Å². The number of hydrogen-bond donors (Lipinski definition) is 1. The number of rotatable bonds is 4. The molecule has 0 spiro atoms. The van der Waals surface area contributed by atoms with Crippen LogP contribution in [0.1, 0.15) is 19.3 Å². The van der Waals surface area contributed by atoms with Gasteiger partial charge in [-0.05, 0) is 25.2 Å². The predicted octanol–water partition coefficient (Wildman–Crippen LogP) is 0.322. The second-order valence-corrected chi connectivity index (χ2v) is 4.16. The Balaban J connectivity index is 1.69. The Hall–Kier alpha value is -1.06. The highest BCUT2D eigenvalue weighted by atomic mass is 16.5.